The van der Waals surface area contributed by atoms with Crippen molar-refractivity contribution in [1.82, 2.24) is 15.1 Å². The zero-order chi connectivity index (χ0) is 20.6. The van der Waals surface area contributed by atoms with E-state index in [1.165, 1.54) is 0 Å². The Balaban J connectivity index is 1.43. The molecule has 1 aromatic carbocycles. The van der Waals surface area contributed by atoms with Gasteiger partial charge in [0.25, 0.3) is 5.91 Å². The lowest BCUT2D eigenvalue weighted by molar-refractivity contribution is -0.141. The molecule has 3 aliphatic heterocycles. The number of benzene rings is 1. The molecule has 7 heteroatoms. The molecular formula is C22H29N3O4. The van der Waals surface area contributed by atoms with E-state index in [-0.39, 0.29) is 30.7 Å². The summed E-state index contributed by atoms with van der Waals surface area (Å²) < 4.78 is 6.15. The second-order valence-corrected chi connectivity index (χ2v) is 8.86. The first-order valence-corrected chi connectivity index (χ1v) is 10.5. The van der Waals surface area contributed by atoms with E-state index in [4.69, 9.17) is 4.74 Å². The van der Waals surface area contributed by atoms with Crippen LogP contribution < -0.4 is 10.1 Å². The normalized spacial score (nSPS) is 29.7. The highest BCUT2D eigenvalue weighted by Gasteiger charge is 2.43. The molecular weight excluding hydrogens is 370 g/mol. The Bertz CT molecular complexity index is 816. The number of carbonyl (C=O) groups excluding carboxylic acids is 3. The molecule has 3 atom stereocenters. The largest absolute Gasteiger partial charge is 0.467 e. The van der Waals surface area contributed by atoms with Crippen LogP contribution in [0.25, 0.3) is 0 Å². The van der Waals surface area contributed by atoms with Crippen molar-refractivity contribution in [2.24, 2.45) is 11.8 Å². The SMILES string of the molecule is CC1CC(C)CN(C(=O)CN2CCC3(CCC2=O)NC(=O)c2ccccc2O3)C1. The standard InChI is InChI=1S/C22H29N3O4/c1-15-11-16(2)13-25(12-15)20(27)14-24-10-9-22(8-7-19(24)26)23-21(28)17-5-3-4-6-18(17)29-22/h3-6,15-16H,7-14H2,1-2H3,(H,23,28). The van der Waals surface area contributed by atoms with Gasteiger partial charge in [-0.05, 0) is 30.4 Å². The number of ether oxygens (including phenoxy) is 1. The Hall–Kier alpha value is -2.57. The topological polar surface area (TPSA) is 79.0 Å². The van der Waals surface area contributed by atoms with Crippen molar-refractivity contribution >= 4 is 17.7 Å². The molecule has 3 unspecified atom stereocenters. The molecule has 0 saturated carbocycles. The predicted molar refractivity (Wildman–Crippen MR) is 107 cm³/mol. The van der Waals surface area contributed by atoms with Crippen molar-refractivity contribution in [2.45, 2.75) is 45.3 Å². The van der Waals surface area contributed by atoms with Crippen LogP contribution in [0.3, 0.4) is 0 Å². The molecule has 3 heterocycles. The molecule has 1 aromatic rings. The van der Waals surface area contributed by atoms with Crippen LogP contribution in [0.1, 0.15) is 49.9 Å². The summed E-state index contributed by atoms with van der Waals surface area (Å²) in [6.07, 6.45) is 2.23. The van der Waals surface area contributed by atoms with Gasteiger partial charge < -0.3 is 19.9 Å². The number of rotatable bonds is 2. The minimum atomic E-state index is -0.896. The van der Waals surface area contributed by atoms with E-state index in [9.17, 15) is 14.4 Å². The number of fused-ring (bicyclic) bond motifs is 1. The van der Waals surface area contributed by atoms with Gasteiger partial charge in [0, 0.05) is 38.9 Å². The van der Waals surface area contributed by atoms with E-state index >= 15 is 0 Å². The highest BCUT2D eigenvalue weighted by atomic mass is 16.5. The monoisotopic (exact) mass is 399 g/mol. The second kappa shape index (κ2) is 7.69. The maximum absolute atomic E-state index is 12.8. The third-order valence-corrected chi connectivity index (χ3v) is 6.21. The first-order valence-electron chi connectivity index (χ1n) is 10.5. The molecule has 29 heavy (non-hydrogen) atoms. The van der Waals surface area contributed by atoms with Crippen molar-refractivity contribution in [2.75, 3.05) is 26.2 Å². The summed E-state index contributed by atoms with van der Waals surface area (Å²) in [6.45, 7) is 6.32. The van der Waals surface area contributed by atoms with Crippen LogP contribution in [0, 0.1) is 11.8 Å². The average molecular weight is 399 g/mol. The first kappa shape index (κ1) is 19.7. The van der Waals surface area contributed by atoms with E-state index in [2.05, 4.69) is 19.2 Å². The highest BCUT2D eigenvalue weighted by molar-refractivity contribution is 5.98. The number of hydrogen-bond donors (Lipinski definition) is 1. The van der Waals surface area contributed by atoms with Gasteiger partial charge >= 0.3 is 0 Å². The van der Waals surface area contributed by atoms with Gasteiger partial charge in [0.2, 0.25) is 11.8 Å². The van der Waals surface area contributed by atoms with Gasteiger partial charge in [-0.25, -0.2) is 0 Å². The van der Waals surface area contributed by atoms with Gasteiger partial charge in [0.1, 0.15) is 5.75 Å². The molecule has 0 radical (unpaired) electrons. The molecule has 0 aromatic heterocycles. The second-order valence-electron chi connectivity index (χ2n) is 8.86. The van der Waals surface area contributed by atoms with Gasteiger partial charge in [-0.2, -0.15) is 0 Å². The van der Waals surface area contributed by atoms with Crippen LogP contribution in [-0.2, 0) is 9.59 Å². The van der Waals surface area contributed by atoms with Gasteiger partial charge in [0.05, 0.1) is 12.1 Å². The fourth-order valence-corrected chi connectivity index (χ4v) is 4.81. The molecule has 3 amide bonds. The zero-order valence-electron chi connectivity index (χ0n) is 17.1. The van der Waals surface area contributed by atoms with E-state index in [0.29, 0.717) is 42.5 Å². The smallest absolute Gasteiger partial charge is 0.258 e. The molecule has 156 valence electrons. The van der Waals surface area contributed by atoms with Crippen LogP contribution in [0.5, 0.6) is 5.75 Å². The first-order chi connectivity index (χ1) is 13.8. The molecule has 2 fully saturated rings. The van der Waals surface area contributed by atoms with Crippen LogP contribution in [0.15, 0.2) is 24.3 Å². The Morgan fingerprint density at radius 2 is 1.90 bits per heavy atom. The summed E-state index contributed by atoms with van der Waals surface area (Å²) in [5, 5.41) is 2.96. The molecule has 0 bridgehead atoms. The third-order valence-electron chi connectivity index (χ3n) is 6.21. The summed E-state index contributed by atoms with van der Waals surface area (Å²) in [5.41, 5.74) is -0.387. The summed E-state index contributed by atoms with van der Waals surface area (Å²) in [4.78, 5) is 41.6. The molecule has 3 aliphatic rings. The maximum Gasteiger partial charge on any atom is 0.258 e. The zero-order valence-corrected chi connectivity index (χ0v) is 17.1. The molecule has 0 aliphatic carbocycles. The van der Waals surface area contributed by atoms with Crippen molar-refractivity contribution in [3.05, 3.63) is 29.8 Å². The fraction of sp³-hybridized carbons (Fsp3) is 0.591. The number of nitrogens with zero attached hydrogens (tertiary/aromatic N) is 2. The summed E-state index contributed by atoms with van der Waals surface area (Å²) >= 11 is 0. The third kappa shape index (κ3) is 4.09. The Morgan fingerprint density at radius 3 is 2.66 bits per heavy atom. The lowest BCUT2D eigenvalue weighted by atomic mass is 9.92. The van der Waals surface area contributed by atoms with Crippen molar-refractivity contribution in [1.29, 1.82) is 0 Å². The fourth-order valence-electron chi connectivity index (χ4n) is 4.81. The number of nitrogens with one attached hydrogen (secondary N) is 1. The summed E-state index contributed by atoms with van der Waals surface area (Å²) in [5.74, 6) is 1.27. The number of hydrogen-bond acceptors (Lipinski definition) is 4. The van der Waals surface area contributed by atoms with E-state index < -0.39 is 5.72 Å². The van der Waals surface area contributed by atoms with Gasteiger partial charge in [-0.15, -0.1) is 0 Å². The van der Waals surface area contributed by atoms with Crippen LogP contribution in [-0.4, -0.2) is 59.4 Å². The maximum atomic E-state index is 12.8. The van der Waals surface area contributed by atoms with E-state index in [1.54, 1.807) is 23.1 Å². The molecule has 1 spiro atoms. The Labute approximate surface area is 171 Å². The lowest BCUT2D eigenvalue weighted by Crippen LogP contribution is -2.56. The summed E-state index contributed by atoms with van der Waals surface area (Å²) in [7, 11) is 0. The predicted octanol–water partition coefficient (Wildman–Crippen LogP) is 2.02. The molecule has 1 N–H and O–H groups in total. The van der Waals surface area contributed by atoms with Gasteiger partial charge in [-0.1, -0.05) is 26.0 Å². The number of likely N-dealkylation sites (tertiary alicyclic amines) is 2. The van der Waals surface area contributed by atoms with Crippen molar-refractivity contribution in [3.63, 3.8) is 0 Å². The average Bonchev–Trinajstić information content (AvgIpc) is 2.81. The molecule has 4 rings (SSSR count). The molecule has 2 saturated heterocycles. The Morgan fingerprint density at radius 1 is 1.17 bits per heavy atom. The van der Waals surface area contributed by atoms with Crippen molar-refractivity contribution < 1.29 is 19.1 Å². The van der Waals surface area contributed by atoms with E-state index in [0.717, 1.165) is 19.5 Å². The minimum Gasteiger partial charge on any atom is -0.467 e. The van der Waals surface area contributed by atoms with E-state index in [1.807, 2.05) is 11.0 Å². The lowest BCUT2D eigenvalue weighted by Gasteiger charge is -2.38. The highest BCUT2D eigenvalue weighted by Crippen LogP contribution is 2.33. The summed E-state index contributed by atoms with van der Waals surface area (Å²) in [6, 6.07) is 7.14. The quantitative estimate of drug-likeness (QED) is 0.825. The van der Waals surface area contributed by atoms with Crippen LogP contribution in [0.4, 0.5) is 0 Å². The van der Waals surface area contributed by atoms with Gasteiger partial charge in [-0.3, -0.25) is 14.4 Å². The Kier molecular flexibility index (Phi) is 5.23. The number of amides is 3. The van der Waals surface area contributed by atoms with Crippen molar-refractivity contribution in [3.8, 4) is 5.75 Å². The number of piperidine rings is 1. The van der Waals surface area contributed by atoms with Crippen LogP contribution in [0.2, 0.25) is 0 Å². The van der Waals surface area contributed by atoms with Gasteiger partial charge in [0.15, 0.2) is 5.72 Å². The number of para-hydroxylation sites is 1. The minimum absolute atomic E-state index is 0.00615. The molecule has 7 nitrogen and oxygen atoms in total. The number of carbonyl (C=O) groups is 3. The van der Waals surface area contributed by atoms with Crippen LogP contribution >= 0.6 is 0 Å².